The summed E-state index contributed by atoms with van der Waals surface area (Å²) in [6.07, 6.45) is 2.38. The zero-order chi connectivity index (χ0) is 19.9. The van der Waals surface area contributed by atoms with Crippen molar-refractivity contribution in [2.45, 2.75) is 39.4 Å². The molecule has 1 saturated heterocycles. The number of rotatable bonds is 6. The number of thiophene rings is 1. The molecule has 7 nitrogen and oxygen atoms in total. The van der Waals surface area contributed by atoms with Crippen LogP contribution in [0, 0.1) is 13.8 Å². The van der Waals surface area contributed by atoms with Crippen molar-refractivity contribution >= 4 is 21.2 Å². The van der Waals surface area contributed by atoms with Crippen molar-refractivity contribution in [2.24, 2.45) is 0 Å². The molecule has 1 aliphatic rings. The Morgan fingerprint density at radius 3 is 2.86 bits per heavy atom. The average Bonchev–Trinajstić information content (AvgIpc) is 3.39. The molecule has 3 aromatic rings. The van der Waals surface area contributed by atoms with Gasteiger partial charge in [0.15, 0.2) is 9.84 Å². The monoisotopic (exact) mass is 421 g/mol. The lowest BCUT2D eigenvalue weighted by Gasteiger charge is -2.14. The Morgan fingerprint density at radius 2 is 2.18 bits per heavy atom. The Kier molecular flexibility index (Phi) is 5.15. The van der Waals surface area contributed by atoms with Crippen molar-refractivity contribution in [1.29, 1.82) is 0 Å². The van der Waals surface area contributed by atoms with Crippen molar-refractivity contribution in [1.82, 2.24) is 14.8 Å². The topological polar surface area (TPSA) is 82.4 Å². The van der Waals surface area contributed by atoms with Crippen LogP contribution in [-0.2, 0) is 22.9 Å². The van der Waals surface area contributed by atoms with E-state index in [0.29, 0.717) is 12.3 Å². The number of nitrogens with zero attached hydrogens (tertiary/aromatic N) is 3. The summed E-state index contributed by atoms with van der Waals surface area (Å²) in [6, 6.07) is 3.95. The Labute approximate surface area is 168 Å². The minimum absolute atomic E-state index is 0.0401. The molecule has 150 valence electrons. The molecular formula is C19H25N4O3S2+. The first-order chi connectivity index (χ1) is 13.3. The van der Waals surface area contributed by atoms with Gasteiger partial charge in [0.25, 0.3) is 0 Å². The van der Waals surface area contributed by atoms with Gasteiger partial charge < -0.3 is 9.32 Å². The summed E-state index contributed by atoms with van der Waals surface area (Å²) in [6.45, 7) is 5.59. The second-order valence-electron chi connectivity index (χ2n) is 7.58. The van der Waals surface area contributed by atoms with Crippen molar-refractivity contribution in [3.8, 4) is 10.8 Å². The van der Waals surface area contributed by atoms with Crippen LogP contribution in [0.2, 0.25) is 0 Å². The second-order valence-corrected chi connectivity index (χ2v) is 10.8. The Balaban J connectivity index is 1.45. The van der Waals surface area contributed by atoms with E-state index in [1.165, 1.54) is 10.5 Å². The SMILES string of the molecule is Cc1nn([C@@H]2CCS(=O)(=O)C2)c(C)c1C[NH+](C)Cc1coc(-c2cccs2)n1. The number of oxazole rings is 1. The maximum Gasteiger partial charge on any atom is 0.236 e. The van der Waals surface area contributed by atoms with Crippen LogP contribution in [0.5, 0.6) is 0 Å². The standard InChI is InChI=1S/C19H24N4O3S2/c1-13-17(14(2)23(21-13)16-6-8-28(24,25)12-16)10-22(3)9-15-11-26-19(20-15)18-5-4-7-27-18/h4-5,7,11,16H,6,8-10,12H2,1-3H3/p+1/t16-/m1/s1. The van der Waals surface area contributed by atoms with Gasteiger partial charge in [0.1, 0.15) is 25.0 Å². The summed E-state index contributed by atoms with van der Waals surface area (Å²) in [5.74, 6) is 1.12. The molecule has 1 aliphatic heterocycles. The molecule has 0 bridgehead atoms. The predicted octanol–water partition coefficient (Wildman–Crippen LogP) is 1.79. The van der Waals surface area contributed by atoms with E-state index < -0.39 is 9.84 Å². The van der Waals surface area contributed by atoms with Gasteiger partial charge in [-0.15, -0.1) is 11.3 Å². The number of quaternary nitrogens is 1. The first-order valence-corrected chi connectivity index (χ1v) is 12.1. The first kappa shape index (κ1) is 19.4. The van der Waals surface area contributed by atoms with Crippen molar-refractivity contribution in [2.75, 3.05) is 18.6 Å². The van der Waals surface area contributed by atoms with E-state index in [2.05, 4.69) is 17.1 Å². The lowest BCUT2D eigenvalue weighted by Crippen LogP contribution is -3.06. The van der Waals surface area contributed by atoms with Crippen LogP contribution in [0.15, 0.2) is 28.2 Å². The van der Waals surface area contributed by atoms with Crippen molar-refractivity contribution < 1.29 is 17.7 Å². The number of aromatic nitrogens is 3. The zero-order valence-electron chi connectivity index (χ0n) is 16.3. The maximum absolute atomic E-state index is 11.8. The Morgan fingerprint density at radius 1 is 1.36 bits per heavy atom. The van der Waals surface area contributed by atoms with Gasteiger partial charge in [-0.05, 0) is 31.7 Å². The second kappa shape index (κ2) is 7.46. The van der Waals surface area contributed by atoms with Crippen molar-refractivity contribution in [3.05, 3.63) is 46.4 Å². The van der Waals surface area contributed by atoms with E-state index in [4.69, 9.17) is 4.42 Å². The molecule has 2 atom stereocenters. The highest BCUT2D eigenvalue weighted by Crippen LogP contribution is 2.27. The molecule has 0 aromatic carbocycles. The van der Waals surface area contributed by atoms with Crippen LogP contribution in [-0.4, -0.2) is 41.7 Å². The molecule has 4 heterocycles. The quantitative estimate of drug-likeness (QED) is 0.656. The molecule has 0 saturated carbocycles. The lowest BCUT2D eigenvalue weighted by molar-refractivity contribution is -0.908. The zero-order valence-corrected chi connectivity index (χ0v) is 17.9. The summed E-state index contributed by atoms with van der Waals surface area (Å²) < 4.78 is 31.2. The minimum Gasteiger partial charge on any atom is -0.443 e. The normalized spacial score (nSPS) is 19.9. The summed E-state index contributed by atoms with van der Waals surface area (Å²) in [5.41, 5.74) is 4.15. The van der Waals surface area contributed by atoms with Gasteiger partial charge in [0.05, 0.1) is 40.7 Å². The lowest BCUT2D eigenvalue weighted by atomic mass is 10.1. The smallest absolute Gasteiger partial charge is 0.236 e. The predicted molar refractivity (Wildman–Crippen MR) is 108 cm³/mol. The molecule has 0 amide bonds. The van der Waals surface area contributed by atoms with Crippen LogP contribution in [0.4, 0.5) is 0 Å². The van der Waals surface area contributed by atoms with Crippen LogP contribution >= 0.6 is 11.3 Å². The molecular weight excluding hydrogens is 396 g/mol. The number of sulfone groups is 1. The number of nitrogens with one attached hydrogen (secondary N) is 1. The van der Waals surface area contributed by atoms with Crippen LogP contribution in [0.1, 0.15) is 35.1 Å². The molecule has 4 rings (SSSR count). The van der Waals surface area contributed by atoms with Crippen LogP contribution in [0.3, 0.4) is 0 Å². The average molecular weight is 422 g/mol. The molecule has 0 aliphatic carbocycles. The number of aryl methyl sites for hydroxylation is 1. The number of hydrogen-bond donors (Lipinski definition) is 1. The summed E-state index contributed by atoms with van der Waals surface area (Å²) in [5, 5.41) is 6.67. The van der Waals surface area contributed by atoms with Gasteiger partial charge in [0.2, 0.25) is 5.89 Å². The van der Waals surface area contributed by atoms with Gasteiger partial charge in [0, 0.05) is 5.69 Å². The van der Waals surface area contributed by atoms with Crippen molar-refractivity contribution in [3.63, 3.8) is 0 Å². The molecule has 1 N–H and O–H groups in total. The third-order valence-electron chi connectivity index (χ3n) is 5.27. The third kappa shape index (κ3) is 3.92. The molecule has 28 heavy (non-hydrogen) atoms. The fourth-order valence-corrected chi connectivity index (χ4v) is 6.20. The van der Waals surface area contributed by atoms with E-state index in [0.717, 1.165) is 35.0 Å². The highest BCUT2D eigenvalue weighted by molar-refractivity contribution is 7.91. The Hall–Kier alpha value is -1.97. The molecule has 1 unspecified atom stereocenters. The first-order valence-electron chi connectivity index (χ1n) is 9.37. The van der Waals surface area contributed by atoms with Gasteiger partial charge in [-0.1, -0.05) is 6.07 Å². The maximum atomic E-state index is 11.8. The van der Waals surface area contributed by atoms with E-state index in [1.807, 2.05) is 36.0 Å². The van der Waals surface area contributed by atoms with Gasteiger partial charge in [-0.3, -0.25) is 4.68 Å². The summed E-state index contributed by atoms with van der Waals surface area (Å²) >= 11 is 1.61. The third-order valence-corrected chi connectivity index (χ3v) is 7.88. The van der Waals surface area contributed by atoms with Crippen LogP contribution in [0.25, 0.3) is 10.8 Å². The molecule has 1 fully saturated rings. The van der Waals surface area contributed by atoms with E-state index in [1.54, 1.807) is 17.6 Å². The van der Waals surface area contributed by atoms with E-state index >= 15 is 0 Å². The highest BCUT2D eigenvalue weighted by atomic mass is 32.2. The van der Waals surface area contributed by atoms with Gasteiger partial charge in [-0.2, -0.15) is 5.10 Å². The van der Waals surface area contributed by atoms with Gasteiger partial charge in [-0.25, -0.2) is 13.4 Å². The fraction of sp³-hybridized carbons (Fsp3) is 0.474. The van der Waals surface area contributed by atoms with Crippen LogP contribution < -0.4 is 4.90 Å². The summed E-state index contributed by atoms with van der Waals surface area (Å²) in [4.78, 5) is 6.90. The van der Waals surface area contributed by atoms with E-state index in [9.17, 15) is 8.42 Å². The number of hydrogen-bond acceptors (Lipinski definition) is 6. The molecule has 0 radical (unpaired) electrons. The highest BCUT2D eigenvalue weighted by Gasteiger charge is 2.31. The van der Waals surface area contributed by atoms with Gasteiger partial charge >= 0.3 is 0 Å². The summed E-state index contributed by atoms with van der Waals surface area (Å²) in [7, 11) is -0.807. The fourth-order valence-electron chi connectivity index (χ4n) is 3.85. The molecule has 9 heteroatoms. The largest absolute Gasteiger partial charge is 0.443 e. The molecule has 3 aromatic heterocycles. The minimum atomic E-state index is -2.93. The molecule has 0 spiro atoms. The van der Waals surface area contributed by atoms with E-state index in [-0.39, 0.29) is 17.5 Å². The Bertz CT molecular complexity index is 1070.